The van der Waals surface area contributed by atoms with Crippen LogP contribution in [0, 0.1) is 6.92 Å². The van der Waals surface area contributed by atoms with Crippen molar-refractivity contribution in [2.24, 2.45) is 0 Å². The van der Waals surface area contributed by atoms with E-state index in [1.54, 1.807) is 31.2 Å². The normalized spacial score (nSPS) is 10.4. The molecule has 2 aromatic rings. The number of ether oxygens (including phenoxy) is 1. The first-order valence-electron chi connectivity index (χ1n) is 7.56. The van der Waals surface area contributed by atoms with Crippen molar-refractivity contribution in [1.82, 2.24) is 10.1 Å². The van der Waals surface area contributed by atoms with Gasteiger partial charge in [-0.15, -0.1) is 0 Å². The van der Waals surface area contributed by atoms with Crippen molar-refractivity contribution in [3.63, 3.8) is 0 Å². The van der Waals surface area contributed by atoms with Gasteiger partial charge in [0.05, 0.1) is 0 Å². The summed E-state index contributed by atoms with van der Waals surface area (Å²) in [4.78, 5) is 26.2. The summed E-state index contributed by atoms with van der Waals surface area (Å²) in [6.07, 6.45) is 1.41. The molecule has 0 aliphatic heterocycles. The number of aryl methyl sites for hydroxylation is 1. The van der Waals surface area contributed by atoms with Gasteiger partial charge >= 0.3 is 5.97 Å². The van der Waals surface area contributed by atoms with Crippen molar-refractivity contribution < 1.29 is 24.0 Å². The van der Waals surface area contributed by atoms with Crippen LogP contribution in [-0.4, -0.2) is 27.1 Å². The first kappa shape index (κ1) is 17.5. The Morgan fingerprint density at radius 3 is 2.54 bits per heavy atom. The highest BCUT2D eigenvalue weighted by Gasteiger charge is 2.06. The topological polar surface area (TPSA) is 115 Å². The number of carbonyl (C=O) groups excluding carboxylic acids is 1. The molecule has 128 valence electrons. The Labute approximate surface area is 138 Å². The van der Waals surface area contributed by atoms with Crippen LogP contribution in [0.3, 0.4) is 0 Å². The number of carboxylic acid groups (broad SMARTS) is 1. The van der Waals surface area contributed by atoms with Crippen LogP contribution in [0.2, 0.25) is 0 Å². The third kappa shape index (κ3) is 6.07. The molecule has 0 radical (unpaired) electrons. The molecule has 0 aliphatic rings. The van der Waals surface area contributed by atoms with Crippen LogP contribution < -0.4 is 10.1 Å². The number of amides is 1. The summed E-state index contributed by atoms with van der Waals surface area (Å²) in [6.45, 7) is 1.91. The predicted molar refractivity (Wildman–Crippen MR) is 84.5 cm³/mol. The van der Waals surface area contributed by atoms with Crippen LogP contribution in [0.4, 0.5) is 5.69 Å². The molecule has 0 spiro atoms. The van der Waals surface area contributed by atoms with Gasteiger partial charge in [0.15, 0.2) is 12.4 Å². The van der Waals surface area contributed by atoms with Gasteiger partial charge < -0.3 is 19.7 Å². The van der Waals surface area contributed by atoms with Crippen molar-refractivity contribution in [2.45, 2.75) is 39.2 Å². The highest BCUT2D eigenvalue weighted by molar-refractivity contribution is 5.90. The van der Waals surface area contributed by atoms with Crippen molar-refractivity contribution in [3.05, 3.63) is 36.0 Å². The third-order valence-electron chi connectivity index (χ3n) is 3.11. The molecular formula is C16H19N3O5. The number of nitrogens with one attached hydrogen (secondary N) is 1. The Kier molecular flexibility index (Phi) is 6.30. The van der Waals surface area contributed by atoms with Crippen LogP contribution in [0.5, 0.6) is 5.75 Å². The molecule has 8 heteroatoms. The van der Waals surface area contributed by atoms with E-state index in [2.05, 4.69) is 15.5 Å². The maximum atomic E-state index is 11.7. The second-order valence-electron chi connectivity index (χ2n) is 5.20. The Morgan fingerprint density at radius 2 is 1.92 bits per heavy atom. The summed E-state index contributed by atoms with van der Waals surface area (Å²) in [5.74, 6) is 0.573. The molecule has 24 heavy (non-hydrogen) atoms. The first-order chi connectivity index (χ1) is 11.5. The van der Waals surface area contributed by atoms with Crippen LogP contribution in [0.1, 0.15) is 37.4 Å². The van der Waals surface area contributed by atoms with Gasteiger partial charge in [0, 0.05) is 18.5 Å². The molecule has 2 N–H and O–H groups in total. The van der Waals surface area contributed by atoms with Crippen molar-refractivity contribution in [1.29, 1.82) is 0 Å². The molecule has 1 amide bonds. The average molecular weight is 333 g/mol. The molecule has 1 heterocycles. The van der Waals surface area contributed by atoms with E-state index in [0.717, 1.165) is 0 Å². The number of benzene rings is 1. The lowest BCUT2D eigenvalue weighted by molar-refractivity contribution is -0.137. The van der Waals surface area contributed by atoms with Gasteiger partial charge in [-0.3, -0.25) is 9.59 Å². The van der Waals surface area contributed by atoms with E-state index in [-0.39, 0.29) is 18.9 Å². The molecule has 1 aromatic carbocycles. The maximum Gasteiger partial charge on any atom is 0.303 e. The average Bonchev–Trinajstić information content (AvgIpc) is 2.96. The maximum absolute atomic E-state index is 11.7. The number of unbranched alkanes of at least 4 members (excludes halogenated alkanes) is 1. The number of aromatic nitrogens is 2. The fraction of sp³-hybridized carbons (Fsp3) is 0.375. The van der Waals surface area contributed by atoms with Gasteiger partial charge in [0.2, 0.25) is 5.91 Å². The van der Waals surface area contributed by atoms with Gasteiger partial charge in [-0.1, -0.05) is 5.16 Å². The number of hydrogen-bond donors (Lipinski definition) is 2. The first-order valence-corrected chi connectivity index (χ1v) is 7.56. The lowest BCUT2D eigenvalue weighted by Crippen LogP contribution is -2.11. The quantitative estimate of drug-likeness (QED) is 0.678. The lowest BCUT2D eigenvalue weighted by atomic mass is 10.2. The zero-order chi connectivity index (χ0) is 17.4. The summed E-state index contributed by atoms with van der Waals surface area (Å²) in [6, 6.07) is 6.90. The zero-order valence-electron chi connectivity index (χ0n) is 13.3. The fourth-order valence-corrected chi connectivity index (χ4v) is 1.96. The van der Waals surface area contributed by atoms with E-state index < -0.39 is 5.97 Å². The minimum absolute atomic E-state index is 0.0822. The SMILES string of the molecule is Cc1noc(COc2ccc(NC(=O)CCCCC(=O)O)cc2)n1. The van der Waals surface area contributed by atoms with Gasteiger partial charge in [0.1, 0.15) is 5.75 Å². The van der Waals surface area contributed by atoms with E-state index in [0.29, 0.717) is 42.4 Å². The molecule has 0 saturated heterocycles. The highest BCUT2D eigenvalue weighted by Crippen LogP contribution is 2.17. The minimum Gasteiger partial charge on any atom is -0.484 e. The van der Waals surface area contributed by atoms with Crippen molar-refractivity contribution in [3.8, 4) is 5.75 Å². The van der Waals surface area contributed by atoms with Gasteiger partial charge in [-0.25, -0.2) is 0 Å². The minimum atomic E-state index is -0.846. The van der Waals surface area contributed by atoms with E-state index in [9.17, 15) is 9.59 Å². The Morgan fingerprint density at radius 1 is 1.21 bits per heavy atom. The van der Waals surface area contributed by atoms with Crippen LogP contribution in [0.25, 0.3) is 0 Å². The molecule has 0 fully saturated rings. The smallest absolute Gasteiger partial charge is 0.303 e. The second kappa shape index (κ2) is 8.66. The molecule has 0 aliphatic carbocycles. The predicted octanol–water partition coefficient (Wildman–Crippen LogP) is 2.54. The van der Waals surface area contributed by atoms with Crippen molar-refractivity contribution >= 4 is 17.6 Å². The fourth-order valence-electron chi connectivity index (χ4n) is 1.96. The number of carbonyl (C=O) groups is 2. The van der Waals surface area contributed by atoms with Gasteiger partial charge in [0.25, 0.3) is 5.89 Å². The molecular weight excluding hydrogens is 314 g/mol. The van der Waals surface area contributed by atoms with E-state index in [4.69, 9.17) is 14.4 Å². The highest BCUT2D eigenvalue weighted by atomic mass is 16.5. The zero-order valence-corrected chi connectivity index (χ0v) is 13.3. The number of aliphatic carboxylic acids is 1. The number of carboxylic acids is 1. The molecule has 1 aromatic heterocycles. The largest absolute Gasteiger partial charge is 0.484 e. The van der Waals surface area contributed by atoms with Crippen molar-refractivity contribution in [2.75, 3.05) is 5.32 Å². The summed E-state index contributed by atoms with van der Waals surface area (Å²) < 4.78 is 10.4. The Hall–Kier alpha value is -2.90. The summed E-state index contributed by atoms with van der Waals surface area (Å²) in [5.41, 5.74) is 0.652. The second-order valence-corrected chi connectivity index (χ2v) is 5.20. The van der Waals surface area contributed by atoms with E-state index in [1.165, 1.54) is 0 Å². The lowest BCUT2D eigenvalue weighted by Gasteiger charge is -2.07. The molecule has 0 atom stereocenters. The van der Waals surface area contributed by atoms with E-state index >= 15 is 0 Å². The number of anilines is 1. The number of rotatable bonds is 9. The van der Waals surface area contributed by atoms with Crippen LogP contribution in [0.15, 0.2) is 28.8 Å². The van der Waals surface area contributed by atoms with E-state index in [1.807, 2.05) is 0 Å². The Balaban J connectivity index is 1.73. The Bertz CT molecular complexity index is 681. The third-order valence-corrected chi connectivity index (χ3v) is 3.11. The molecule has 0 saturated carbocycles. The van der Waals surface area contributed by atoms with Crippen LogP contribution >= 0.6 is 0 Å². The monoisotopic (exact) mass is 333 g/mol. The molecule has 8 nitrogen and oxygen atoms in total. The molecule has 0 bridgehead atoms. The number of hydrogen-bond acceptors (Lipinski definition) is 6. The summed E-state index contributed by atoms with van der Waals surface area (Å²) >= 11 is 0. The molecule has 2 rings (SSSR count). The standard InChI is InChI=1S/C16H19N3O5/c1-11-17-15(24-19-11)10-23-13-8-6-12(7-9-13)18-14(20)4-2-3-5-16(21)22/h6-9H,2-5,10H2,1H3,(H,18,20)(H,21,22). The summed E-state index contributed by atoms with van der Waals surface area (Å²) in [5, 5.41) is 15.0. The number of nitrogens with zero attached hydrogens (tertiary/aromatic N) is 2. The molecule has 0 unspecified atom stereocenters. The van der Waals surface area contributed by atoms with Gasteiger partial charge in [-0.2, -0.15) is 4.98 Å². The summed E-state index contributed by atoms with van der Waals surface area (Å²) in [7, 11) is 0. The van der Waals surface area contributed by atoms with Crippen LogP contribution in [-0.2, 0) is 16.2 Å². The van der Waals surface area contributed by atoms with Gasteiger partial charge in [-0.05, 0) is 44.0 Å².